The van der Waals surface area contributed by atoms with Crippen LogP contribution in [0.25, 0.3) is 0 Å². The van der Waals surface area contributed by atoms with Crippen molar-refractivity contribution in [3.63, 3.8) is 0 Å². The molecule has 1 N–H and O–H groups in total. The van der Waals surface area contributed by atoms with E-state index in [-0.39, 0.29) is 27.2 Å². The van der Waals surface area contributed by atoms with Gasteiger partial charge in [0.15, 0.2) is 0 Å². The highest BCUT2D eigenvalue weighted by atomic mass is 35.5. The summed E-state index contributed by atoms with van der Waals surface area (Å²) < 4.78 is 5.22. The van der Waals surface area contributed by atoms with E-state index in [1.165, 1.54) is 89.5 Å². The molecule has 0 aliphatic carbocycles. The first-order chi connectivity index (χ1) is 15.0. The molecule has 178 valence electrons. The maximum atomic E-state index is 12.2. The monoisotopic (exact) mass is 492 g/mol. The standard InChI is InChI=1S/C25H39Cl3O3/c1-2-3-4-5-6-7-8-9-10-11-12-13-14-15-16-17-18-31-25(30)22-23(28)20(26)19-21(27)24(22)29/h19,29H,2-18H2,1H3. The van der Waals surface area contributed by atoms with Crippen molar-refractivity contribution in [2.45, 2.75) is 110 Å². The van der Waals surface area contributed by atoms with Gasteiger partial charge >= 0.3 is 5.97 Å². The topological polar surface area (TPSA) is 46.5 Å². The van der Waals surface area contributed by atoms with E-state index in [9.17, 15) is 9.90 Å². The van der Waals surface area contributed by atoms with Crippen LogP contribution in [-0.2, 0) is 4.74 Å². The Labute approximate surface area is 203 Å². The van der Waals surface area contributed by atoms with E-state index < -0.39 is 11.7 Å². The quantitative estimate of drug-likeness (QED) is 0.126. The molecule has 0 spiro atoms. The molecular weight excluding hydrogens is 455 g/mol. The Morgan fingerprint density at radius 3 is 1.61 bits per heavy atom. The van der Waals surface area contributed by atoms with Gasteiger partial charge in [-0.25, -0.2) is 4.79 Å². The first kappa shape index (κ1) is 28.4. The number of unbranched alkanes of at least 4 members (excludes halogenated alkanes) is 15. The van der Waals surface area contributed by atoms with Crippen LogP contribution in [0.4, 0.5) is 0 Å². The molecule has 0 aliphatic heterocycles. The number of hydrogen-bond donors (Lipinski definition) is 1. The molecule has 0 aromatic heterocycles. The van der Waals surface area contributed by atoms with Crippen molar-refractivity contribution < 1.29 is 14.6 Å². The minimum absolute atomic E-state index is 0.0243. The van der Waals surface area contributed by atoms with Gasteiger partial charge < -0.3 is 9.84 Å². The Morgan fingerprint density at radius 2 is 1.16 bits per heavy atom. The van der Waals surface area contributed by atoms with Gasteiger partial charge in [0.1, 0.15) is 11.3 Å². The highest BCUT2D eigenvalue weighted by Gasteiger charge is 2.22. The zero-order valence-electron chi connectivity index (χ0n) is 19.0. The summed E-state index contributed by atoms with van der Waals surface area (Å²) in [5.74, 6) is -1.10. The van der Waals surface area contributed by atoms with Crippen LogP contribution in [0.5, 0.6) is 5.75 Å². The fourth-order valence-electron chi connectivity index (χ4n) is 3.66. The van der Waals surface area contributed by atoms with Crippen molar-refractivity contribution in [3.8, 4) is 5.75 Å². The lowest BCUT2D eigenvalue weighted by Crippen LogP contribution is -2.08. The molecular formula is C25H39Cl3O3. The minimum atomic E-state index is -0.701. The Bertz CT molecular complexity index is 609. The Balaban J connectivity index is 1.96. The molecule has 1 rings (SSSR count). The summed E-state index contributed by atoms with van der Waals surface area (Å²) in [4.78, 5) is 12.2. The molecule has 0 saturated carbocycles. The van der Waals surface area contributed by atoms with Gasteiger partial charge in [-0.3, -0.25) is 0 Å². The third-order valence-corrected chi connectivity index (χ3v) is 6.66. The van der Waals surface area contributed by atoms with Crippen molar-refractivity contribution in [1.29, 1.82) is 0 Å². The van der Waals surface area contributed by atoms with Crippen molar-refractivity contribution in [3.05, 3.63) is 26.7 Å². The van der Waals surface area contributed by atoms with Crippen LogP contribution < -0.4 is 0 Å². The van der Waals surface area contributed by atoms with E-state index in [4.69, 9.17) is 39.5 Å². The molecule has 1 aromatic rings. The van der Waals surface area contributed by atoms with Gasteiger partial charge in [-0.15, -0.1) is 0 Å². The highest BCUT2D eigenvalue weighted by molar-refractivity contribution is 6.45. The van der Waals surface area contributed by atoms with Gasteiger partial charge in [0.2, 0.25) is 0 Å². The molecule has 3 nitrogen and oxygen atoms in total. The summed E-state index contributed by atoms with van der Waals surface area (Å²) >= 11 is 17.7. The second-order valence-corrected chi connectivity index (χ2v) is 9.51. The highest BCUT2D eigenvalue weighted by Crippen LogP contribution is 2.38. The van der Waals surface area contributed by atoms with Crippen LogP contribution in [0.3, 0.4) is 0 Å². The molecule has 0 amide bonds. The molecule has 0 aliphatic rings. The van der Waals surface area contributed by atoms with Crippen LogP contribution in [0, 0.1) is 0 Å². The second-order valence-electron chi connectivity index (χ2n) is 8.32. The van der Waals surface area contributed by atoms with Gasteiger partial charge in [0.25, 0.3) is 0 Å². The van der Waals surface area contributed by atoms with Crippen LogP contribution in [0.15, 0.2) is 6.07 Å². The zero-order chi connectivity index (χ0) is 22.9. The van der Waals surface area contributed by atoms with Gasteiger partial charge in [-0.2, -0.15) is 0 Å². The summed E-state index contributed by atoms with van der Waals surface area (Å²) in [5, 5.41) is 9.99. The van der Waals surface area contributed by atoms with E-state index in [0.29, 0.717) is 0 Å². The lowest BCUT2D eigenvalue weighted by Gasteiger charge is -2.10. The fraction of sp³-hybridized carbons (Fsp3) is 0.720. The largest absolute Gasteiger partial charge is 0.505 e. The maximum Gasteiger partial charge on any atom is 0.343 e. The molecule has 0 radical (unpaired) electrons. The van der Waals surface area contributed by atoms with Crippen molar-refractivity contribution in [2.24, 2.45) is 0 Å². The Kier molecular flexibility index (Phi) is 16.4. The summed E-state index contributed by atoms with van der Waals surface area (Å²) in [6, 6.07) is 1.30. The van der Waals surface area contributed by atoms with Crippen molar-refractivity contribution >= 4 is 40.8 Å². The SMILES string of the molecule is CCCCCCCCCCCCCCCCCCOC(=O)c1c(O)c(Cl)cc(Cl)c1Cl. The second kappa shape index (κ2) is 17.9. The van der Waals surface area contributed by atoms with E-state index in [0.717, 1.165) is 19.3 Å². The van der Waals surface area contributed by atoms with Gasteiger partial charge in [0, 0.05) is 0 Å². The molecule has 0 unspecified atom stereocenters. The summed E-state index contributed by atoms with van der Waals surface area (Å²) in [5.41, 5.74) is -0.171. The zero-order valence-corrected chi connectivity index (χ0v) is 21.3. The summed E-state index contributed by atoms with van der Waals surface area (Å²) in [6.45, 7) is 2.55. The first-order valence-corrected chi connectivity index (χ1v) is 13.2. The lowest BCUT2D eigenvalue weighted by molar-refractivity contribution is 0.0494. The van der Waals surface area contributed by atoms with Crippen LogP contribution >= 0.6 is 34.8 Å². The lowest BCUT2D eigenvalue weighted by atomic mass is 10.0. The molecule has 6 heteroatoms. The maximum absolute atomic E-state index is 12.2. The molecule has 0 fully saturated rings. The van der Waals surface area contributed by atoms with E-state index in [1.807, 2.05) is 0 Å². The Morgan fingerprint density at radius 1 is 0.742 bits per heavy atom. The molecule has 1 aromatic carbocycles. The van der Waals surface area contributed by atoms with E-state index >= 15 is 0 Å². The molecule has 0 atom stereocenters. The number of phenols is 1. The average Bonchev–Trinajstić information content (AvgIpc) is 2.74. The van der Waals surface area contributed by atoms with Crippen molar-refractivity contribution in [2.75, 3.05) is 6.61 Å². The molecule has 0 heterocycles. The average molecular weight is 494 g/mol. The van der Waals surface area contributed by atoms with Crippen LogP contribution in [-0.4, -0.2) is 17.7 Å². The van der Waals surface area contributed by atoms with Gasteiger partial charge in [-0.05, 0) is 12.5 Å². The van der Waals surface area contributed by atoms with Crippen LogP contribution in [0.1, 0.15) is 120 Å². The van der Waals surface area contributed by atoms with E-state index in [2.05, 4.69) is 6.92 Å². The number of rotatable bonds is 18. The molecule has 0 bridgehead atoms. The van der Waals surface area contributed by atoms with Crippen molar-refractivity contribution in [1.82, 2.24) is 0 Å². The smallest absolute Gasteiger partial charge is 0.343 e. The first-order valence-electron chi connectivity index (χ1n) is 12.0. The number of phenolic OH excluding ortho intramolecular Hbond substituents is 1. The summed E-state index contributed by atoms with van der Waals surface area (Å²) in [7, 11) is 0. The molecule has 31 heavy (non-hydrogen) atoms. The number of halogens is 3. The number of hydrogen-bond acceptors (Lipinski definition) is 3. The number of esters is 1. The van der Waals surface area contributed by atoms with E-state index in [1.54, 1.807) is 0 Å². The van der Waals surface area contributed by atoms with Gasteiger partial charge in [0.05, 0.1) is 21.7 Å². The normalized spacial score (nSPS) is 11.1. The number of benzene rings is 1. The minimum Gasteiger partial charge on any atom is -0.505 e. The predicted octanol–water partition coefficient (Wildman–Crippen LogP) is 9.77. The number of carbonyl (C=O) groups is 1. The number of ether oxygens (including phenoxy) is 1. The van der Waals surface area contributed by atoms with Gasteiger partial charge in [-0.1, -0.05) is 138 Å². The third-order valence-electron chi connectivity index (χ3n) is 5.58. The molecule has 0 saturated heterocycles. The predicted molar refractivity (Wildman–Crippen MR) is 133 cm³/mol. The number of aromatic hydroxyl groups is 1. The fourth-order valence-corrected chi connectivity index (χ4v) is 4.34. The third kappa shape index (κ3) is 12.2. The Hall–Kier alpha value is -0.640. The van der Waals surface area contributed by atoms with Crippen LogP contribution in [0.2, 0.25) is 15.1 Å². The summed E-state index contributed by atoms with van der Waals surface area (Å²) in [6.07, 6.45) is 20.6. The number of carbonyl (C=O) groups excluding carboxylic acids is 1.